The Hall–Kier alpha value is -1.98. The van der Waals surface area contributed by atoms with Crippen LogP contribution in [0.2, 0.25) is 0 Å². The Labute approximate surface area is 120 Å². The molecule has 0 aliphatic rings. The van der Waals surface area contributed by atoms with Crippen LogP contribution in [0.15, 0.2) is 12.7 Å². The van der Waals surface area contributed by atoms with Gasteiger partial charge in [0, 0.05) is 13.1 Å². The maximum Gasteiger partial charge on any atom is 0.315 e. The zero-order chi connectivity index (χ0) is 15.1. The molecule has 6 heteroatoms. The average Bonchev–Trinajstić information content (AvgIpc) is 2.69. The van der Waals surface area contributed by atoms with Crippen molar-refractivity contribution in [2.75, 3.05) is 7.11 Å². The van der Waals surface area contributed by atoms with E-state index in [1.54, 1.807) is 11.8 Å². The average molecular weight is 280 g/mol. The molecule has 0 spiro atoms. The number of nitrogens with one attached hydrogen (secondary N) is 2. The second kappa shape index (κ2) is 7.57. The van der Waals surface area contributed by atoms with Crippen LogP contribution in [0.4, 0.5) is 4.79 Å². The zero-order valence-corrected chi connectivity index (χ0v) is 12.7. The molecule has 20 heavy (non-hydrogen) atoms. The molecule has 0 saturated carbocycles. The van der Waals surface area contributed by atoms with E-state index in [4.69, 9.17) is 4.74 Å². The van der Waals surface area contributed by atoms with Gasteiger partial charge in [0.15, 0.2) is 0 Å². The lowest BCUT2D eigenvalue weighted by molar-refractivity contribution is 0.236. The summed E-state index contributed by atoms with van der Waals surface area (Å²) in [5.74, 6) is 0.668. The second-order valence-electron chi connectivity index (χ2n) is 4.65. The van der Waals surface area contributed by atoms with Crippen molar-refractivity contribution >= 4 is 6.03 Å². The highest BCUT2D eigenvalue weighted by Crippen LogP contribution is 2.20. The number of methoxy groups -OCH3 is 1. The van der Waals surface area contributed by atoms with Crippen molar-refractivity contribution in [3.8, 4) is 5.88 Å². The van der Waals surface area contributed by atoms with Gasteiger partial charge in [-0.3, -0.25) is 0 Å². The molecule has 112 valence electrons. The highest BCUT2D eigenvalue weighted by atomic mass is 16.5. The summed E-state index contributed by atoms with van der Waals surface area (Å²) in [7, 11) is 3.41. The minimum absolute atomic E-state index is 0.115. The topological polar surface area (TPSA) is 68.2 Å². The molecule has 0 radical (unpaired) electrons. The number of hydrogen-bond donors (Lipinski definition) is 2. The number of urea groups is 1. The molecule has 0 aromatic carbocycles. The van der Waals surface area contributed by atoms with Gasteiger partial charge in [-0.1, -0.05) is 13.0 Å². The first kappa shape index (κ1) is 16.1. The molecule has 0 fully saturated rings. The first-order valence-corrected chi connectivity index (χ1v) is 6.75. The fourth-order valence-corrected chi connectivity index (χ4v) is 2.07. The quantitative estimate of drug-likeness (QED) is 0.749. The van der Waals surface area contributed by atoms with Crippen LogP contribution in [0, 0.1) is 6.92 Å². The molecule has 1 aromatic rings. The highest BCUT2D eigenvalue weighted by Gasteiger charge is 2.15. The molecule has 0 unspecified atom stereocenters. The summed E-state index contributed by atoms with van der Waals surface area (Å²) >= 11 is 0. The first-order valence-electron chi connectivity index (χ1n) is 6.75. The summed E-state index contributed by atoms with van der Waals surface area (Å²) in [6.45, 7) is 8.00. The number of carbonyl (C=O) groups is 1. The third kappa shape index (κ3) is 4.01. The molecule has 2 N–H and O–H groups in total. The SMILES string of the molecule is C=CC[C@H](CC)NC(=O)NCc1c(C)nn(C)c1OC. The van der Waals surface area contributed by atoms with Gasteiger partial charge in [-0.2, -0.15) is 5.10 Å². The lowest BCUT2D eigenvalue weighted by Crippen LogP contribution is -2.41. The van der Waals surface area contributed by atoms with Crippen molar-refractivity contribution in [2.45, 2.75) is 39.3 Å². The number of amides is 2. The van der Waals surface area contributed by atoms with Crippen LogP contribution in [-0.4, -0.2) is 29.0 Å². The van der Waals surface area contributed by atoms with Crippen molar-refractivity contribution in [2.24, 2.45) is 7.05 Å². The normalized spacial score (nSPS) is 11.8. The van der Waals surface area contributed by atoms with Crippen molar-refractivity contribution < 1.29 is 9.53 Å². The van der Waals surface area contributed by atoms with E-state index in [9.17, 15) is 4.79 Å². The predicted molar refractivity (Wildman–Crippen MR) is 78.8 cm³/mol. The number of hydrogen-bond acceptors (Lipinski definition) is 3. The first-order chi connectivity index (χ1) is 9.53. The molecule has 0 saturated heterocycles. The Morgan fingerprint density at radius 1 is 1.60 bits per heavy atom. The molecule has 1 heterocycles. The third-order valence-electron chi connectivity index (χ3n) is 3.19. The van der Waals surface area contributed by atoms with E-state index in [-0.39, 0.29) is 12.1 Å². The van der Waals surface area contributed by atoms with Gasteiger partial charge in [0.2, 0.25) is 5.88 Å². The fourth-order valence-electron chi connectivity index (χ4n) is 2.07. The van der Waals surface area contributed by atoms with Gasteiger partial charge in [0.05, 0.1) is 24.9 Å². The standard InChI is InChI=1S/C14H24N4O2/c1-6-8-11(7-2)16-14(19)15-9-12-10(3)17-18(4)13(12)20-5/h6,11H,1,7-9H2,2-5H3,(H2,15,16,19)/t11-/m0/s1. The van der Waals surface area contributed by atoms with E-state index in [1.807, 2.05) is 27.0 Å². The molecular weight excluding hydrogens is 256 g/mol. The van der Waals surface area contributed by atoms with Crippen molar-refractivity contribution in [3.63, 3.8) is 0 Å². The van der Waals surface area contributed by atoms with Gasteiger partial charge >= 0.3 is 6.03 Å². The summed E-state index contributed by atoms with van der Waals surface area (Å²) in [4.78, 5) is 11.9. The molecule has 2 amide bonds. The number of nitrogens with zero attached hydrogens (tertiary/aromatic N) is 2. The van der Waals surface area contributed by atoms with Crippen LogP contribution in [-0.2, 0) is 13.6 Å². The predicted octanol–water partition coefficient (Wildman–Crippen LogP) is 1.89. The van der Waals surface area contributed by atoms with E-state index < -0.39 is 0 Å². The zero-order valence-electron chi connectivity index (χ0n) is 12.7. The summed E-state index contributed by atoms with van der Waals surface area (Å²) in [5.41, 5.74) is 1.74. The van der Waals surface area contributed by atoms with E-state index in [2.05, 4.69) is 22.3 Å². The second-order valence-corrected chi connectivity index (χ2v) is 4.65. The lowest BCUT2D eigenvalue weighted by atomic mass is 10.1. The smallest absolute Gasteiger partial charge is 0.315 e. The number of ether oxygens (including phenoxy) is 1. The van der Waals surface area contributed by atoms with Crippen molar-refractivity contribution in [1.29, 1.82) is 0 Å². The van der Waals surface area contributed by atoms with E-state index in [1.165, 1.54) is 0 Å². The maximum absolute atomic E-state index is 11.9. The van der Waals surface area contributed by atoms with Gasteiger partial charge in [-0.05, 0) is 19.8 Å². The highest BCUT2D eigenvalue weighted by molar-refractivity contribution is 5.74. The molecule has 0 aliphatic heterocycles. The molecule has 1 rings (SSSR count). The lowest BCUT2D eigenvalue weighted by Gasteiger charge is -2.15. The van der Waals surface area contributed by atoms with E-state index >= 15 is 0 Å². The molecule has 1 atom stereocenters. The van der Waals surface area contributed by atoms with Gasteiger partial charge in [0.25, 0.3) is 0 Å². The van der Waals surface area contributed by atoms with Crippen molar-refractivity contribution in [3.05, 3.63) is 23.9 Å². The summed E-state index contributed by atoms with van der Waals surface area (Å²) in [6.07, 6.45) is 3.44. The van der Waals surface area contributed by atoms with Gasteiger partial charge < -0.3 is 15.4 Å². The number of rotatable bonds is 7. The fraction of sp³-hybridized carbons (Fsp3) is 0.571. The summed E-state index contributed by atoms with van der Waals surface area (Å²) in [5, 5.41) is 10.0. The third-order valence-corrected chi connectivity index (χ3v) is 3.19. The Bertz CT molecular complexity index is 468. The molecule has 1 aromatic heterocycles. The Balaban J connectivity index is 2.59. The van der Waals surface area contributed by atoms with Crippen LogP contribution in [0.25, 0.3) is 0 Å². The van der Waals surface area contributed by atoms with Crippen LogP contribution >= 0.6 is 0 Å². The molecule has 6 nitrogen and oxygen atoms in total. The Kier molecular flexibility index (Phi) is 6.09. The summed E-state index contributed by atoms with van der Waals surface area (Å²) in [6, 6.07) is -0.0756. The van der Waals surface area contributed by atoms with E-state index in [0.29, 0.717) is 12.4 Å². The molecule has 0 aliphatic carbocycles. The van der Waals surface area contributed by atoms with Crippen LogP contribution in [0.5, 0.6) is 5.88 Å². The monoisotopic (exact) mass is 280 g/mol. The minimum Gasteiger partial charge on any atom is -0.481 e. The largest absolute Gasteiger partial charge is 0.481 e. The minimum atomic E-state index is -0.191. The summed E-state index contributed by atoms with van der Waals surface area (Å²) < 4.78 is 6.95. The van der Waals surface area contributed by atoms with Gasteiger partial charge in [-0.25, -0.2) is 9.48 Å². The van der Waals surface area contributed by atoms with Crippen LogP contribution in [0.1, 0.15) is 31.0 Å². The molecular formula is C14H24N4O2. The number of aryl methyl sites for hydroxylation is 2. The Morgan fingerprint density at radius 3 is 2.85 bits per heavy atom. The number of aromatic nitrogens is 2. The Morgan fingerprint density at radius 2 is 2.30 bits per heavy atom. The van der Waals surface area contributed by atoms with Gasteiger partial charge in [-0.15, -0.1) is 6.58 Å². The maximum atomic E-state index is 11.9. The molecule has 0 bridgehead atoms. The number of carbonyl (C=O) groups excluding carboxylic acids is 1. The van der Waals surface area contributed by atoms with Crippen molar-refractivity contribution in [1.82, 2.24) is 20.4 Å². The van der Waals surface area contributed by atoms with Gasteiger partial charge in [0.1, 0.15) is 0 Å². The van der Waals surface area contributed by atoms with Crippen LogP contribution < -0.4 is 15.4 Å². The van der Waals surface area contributed by atoms with E-state index in [0.717, 1.165) is 24.1 Å². The van der Waals surface area contributed by atoms with Crippen LogP contribution in [0.3, 0.4) is 0 Å².